The molecular weight excluding hydrogens is 881 g/mol. The number of anilines is 2. The Morgan fingerprint density at radius 2 is 0.836 bits per heavy atom. The minimum atomic E-state index is -0.476. The van der Waals surface area contributed by atoms with Gasteiger partial charge in [-0.3, -0.25) is 0 Å². The van der Waals surface area contributed by atoms with Crippen molar-refractivity contribution in [3.05, 3.63) is 295 Å². The van der Waals surface area contributed by atoms with Gasteiger partial charge in [-0.15, -0.1) is 0 Å². The van der Waals surface area contributed by atoms with Gasteiger partial charge in [0.15, 0.2) is 0 Å². The number of nitrogens with one attached hydrogen (secondary N) is 1. The van der Waals surface area contributed by atoms with E-state index < -0.39 is 5.41 Å². The molecule has 2 heterocycles. The summed E-state index contributed by atoms with van der Waals surface area (Å²) in [5, 5.41) is 8.84. The molecule has 13 aromatic rings. The van der Waals surface area contributed by atoms with Crippen LogP contribution in [0.15, 0.2) is 273 Å². The lowest BCUT2D eigenvalue weighted by molar-refractivity contribution is 0.767. The minimum absolute atomic E-state index is 0.476. The highest BCUT2D eigenvalue weighted by atomic mass is 15.0. The Morgan fingerprint density at radius 1 is 0.274 bits per heavy atom. The van der Waals surface area contributed by atoms with E-state index >= 15 is 0 Å². The maximum atomic E-state index is 3.89. The van der Waals surface area contributed by atoms with E-state index in [4.69, 9.17) is 0 Å². The Hall–Kier alpha value is -9.50. The van der Waals surface area contributed by atoms with E-state index in [1.54, 1.807) is 0 Å². The molecule has 12 aromatic carbocycles. The van der Waals surface area contributed by atoms with Gasteiger partial charge in [-0.1, -0.05) is 206 Å². The number of rotatable bonds is 5. The lowest BCUT2D eigenvalue weighted by Crippen LogP contribution is -2.28. The summed E-state index contributed by atoms with van der Waals surface area (Å²) in [4.78, 5) is 0. The summed E-state index contributed by atoms with van der Waals surface area (Å²) in [6.07, 6.45) is 0. The summed E-state index contributed by atoms with van der Waals surface area (Å²) >= 11 is 0. The fourth-order valence-electron chi connectivity index (χ4n) is 12.5. The molecule has 0 radical (unpaired) electrons. The maximum absolute atomic E-state index is 3.89. The molecule has 2 heteroatoms. The van der Waals surface area contributed by atoms with Crippen LogP contribution in [-0.2, 0) is 5.41 Å². The molecular formula is C71H46N2. The van der Waals surface area contributed by atoms with Crippen molar-refractivity contribution in [2.75, 3.05) is 5.32 Å². The van der Waals surface area contributed by atoms with Gasteiger partial charge in [0.1, 0.15) is 0 Å². The molecule has 0 saturated carbocycles. The van der Waals surface area contributed by atoms with Gasteiger partial charge in [0.2, 0.25) is 0 Å². The summed E-state index contributed by atoms with van der Waals surface area (Å²) in [6.45, 7) is 0. The monoisotopic (exact) mass is 926 g/mol. The quantitative estimate of drug-likeness (QED) is 0.182. The van der Waals surface area contributed by atoms with Gasteiger partial charge in [-0.2, -0.15) is 0 Å². The van der Waals surface area contributed by atoms with E-state index in [1.165, 1.54) is 122 Å². The average molecular weight is 927 g/mol. The van der Waals surface area contributed by atoms with Gasteiger partial charge in [-0.05, 0) is 155 Å². The summed E-state index contributed by atoms with van der Waals surface area (Å²) < 4.78 is 2.47. The lowest BCUT2D eigenvalue weighted by Gasteiger charge is -2.34. The molecule has 0 amide bonds. The largest absolute Gasteiger partial charge is 0.355 e. The van der Waals surface area contributed by atoms with Gasteiger partial charge in [0.25, 0.3) is 0 Å². The fraction of sp³-hybridized carbons (Fsp3) is 0.0141. The second kappa shape index (κ2) is 16.3. The Labute approximate surface area is 424 Å². The first-order chi connectivity index (χ1) is 36.2. The third-order valence-electron chi connectivity index (χ3n) is 15.8. The number of hydrogen-bond acceptors (Lipinski definition) is 1. The zero-order valence-corrected chi connectivity index (χ0v) is 39.9. The van der Waals surface area contributed by atoms with E-state index in [1.807, 2.05) is 0 Å². The molecule has 0 fully saturated rings. The number of benzene rings is 12. The molecule has 2 aliphatic rings. The number of nitrogens with zero attached hydrogens (tertiary/aromatic N) is 1. The lowest BCUT2D eigenvalue weighted by atomic mass is 9.67. The van der Waals surface area contributed by atoms with Crippen LogP contribution in [0.5, 0.6) is 0 Å². The molecule has 0 spiro atoms. The van der Waals surface area contributed by atoms with Crippen LogP contribution < -0.4 is 5.32 Å². The molecule has 15 rings (SSSR count). The predicted octanol–water partition coefficient (Wildman–Crippen LogP) is 18.7. The maximum Gasteiger partial charge on any atom is 0.0714 e. The van der Waals surface area contributed by atoms with Crippen LogP contribution >= 0.6 is 0 Å². The predicted molar refractivity (Wildman–Crippen MR) is 306 cm³/mol. The first kappa shape index (κ1) is 41.3. The van der Waals surface area contributed by atoms with Crippen LogP contribution in [0.2, 0.25) is 0 Å². The van der Waals surface area contributed by atoms with Crippen molar-refractivity contribution in [2.24, 2.45) is 0 Å². The Kier molecular flexibility index (Phi) is 9.21. The van der Waals surface area contributed by atoms with Crippen molar-refractivity contribution < 1.29 is 0 Å². The average Bonchev–Trinajstić information content (AvgIpc) is 3.95. The molecule has 1 N–H and O–H groups in total. The van der Waals surface area contributed by atoms with E-state index in [0.717, 1.165) is 17.1 Å². The molecule has 1 aromatic heterocycles. The van der Waals surface area contributed by atoms with E-state index in [9.17, 15) is 0 Å². The van der Waals surface area contributed by atoms with Gasteiger partial charge in [0.05, 0.1) is 16.4 Å². The number of aromatic nitrogens is 1. The van der Waals surface area contributed by atoms with Crippen molar-refractivity contribution in [3.8, 4) is 72.4 Å². The van der Waals surface area contributed by atoms with Crippen LogP contribution in [0.1, 0.15) is 22.3 Å². The van der Waals surface area contributed by atoms with E-state index in [-0.39, 0.29) is 0 Å². The number of hydrogen-bond donors (Lipinski definition) is 1. The van der Waals surface area contributed by atoms with Crippen LogP contribution in [0, 0.1) is 0 Å². The van der Waals surface area contributed by atoms with Crippen molar-refractivity contribution >= 4 is 44.0 Å². The molecule has 2 bridgehead atoms. The molecule has 1 aliphatic carbocycles. The van der Waals surface area contributed by atoms with Crippen LogP contribution in [-0.4, -0.2) is 4.57 Å². The summed E-state index contributed by atoms with van der Waals surface area (Å²) in [5.41, 5.74) is 24.9. The van der Waals surface area contributed by atoms with Gasteiger partial charge in [0, 0.05) is 39.0 Å². The van der Waals surface area contributed by atoms with Gasteiger partial charge in [-0.25, -0.2) is 0 Å². The molecule has 1 aliphatic heterocycles. The fourth-order valence-corrected chi connectivity index (χ4v) is 12.5. The second-order valence-electron chi connectivity index (χ2n) is 19.7. The molecule has 2 nitrogen and oxygen atoms in total. The van der Waals surface area contributed by atoms with Crippen molar-refractivity contribution in [1.82, 2.24) is 4.57 Å². The molecule has 0 atom stereocenters. The van der Waals surface area contributed by atoms with E-state index in [0.29, 0.717) is 0 Å². The van der Waals surface area contributed by atoms with Crippen LogP contribution in [0.4, 0.5) is 11.4 Å². The van der Waals surface area contributed by atoms with E-state index in [2.05, 4.69) is 283 Å². The highest BCUT2D eigenvalue weighted by molar-refractivity contribution is 6.11. The van der Waals surface area contributed by atoms with Crippen LogP contribution in [0.3, 0.4) is 0 Å². The first-order valence-electron chi connectivity index (χ1n) is 25.3. The second-order valence-corrected chi connectivity index (χ2v) is 19.7. The summed E-state index contributed by atoms with van der Waals surface area (Å²) in [6, 6.07) is 101. The van der Waals surface area contributed by atoms with Crippen LogP contribution in [0.25, 0.3) is 105 Å². The van der Waals surface area contributed by atoms with Crippen molar-refractivity contribution in [1.29, 1.82) is 0 Å². The standard InChI is InChI=1S/C71H46N2/c1-3-20-54(21-4-1)71(55-22-5-2-6-23-55)65-27-12-9-24-57(65)58-37-36-56(45-66(58)71)73-69-29-14-11-26-60(69)64-44-51(35-39-70(64)73)47-32-30-46(31-33-47)50-34-38-68-62(42-50)53-19-15-18-52(40-53)61-41-48-16-7-8-17-49(48)43-63(61)59-25-10-13-28-67(59)72-68/h1-45,72H. The Morgan fingerprint density at radius 3 is 1.60 bits per heavy atom. The SMILES string of the molecule is c1ccc(C2(c3ccccc3)c3ccccc3-c3ccc(-n4c5ccccc5c5cc(-c6ccc(-c7ccc8c(c7)-c7cccc(c7)-c7cc9ccccc9cc7-c7ccccc7N8)cc6)ccc54)cc32)cc1. The summed E-state index contributed by atoms with van der Waals surface area (Å²) in [7, 11) is 0. The topological polar surface area (TPSA) is 17.0 Å². The first-order valence-corrected chi connectivity index (χ1v) is 25.3. The van der Waals surface area contributed by atoms with Crippen molar-refractivity contribution in [3.63, 3.8) is 0 Å². The normalized spacial score (nSPS) is 12.9. The van der Waals surface area contributed by atoms with Gasteiger partial charge < -0.3 is 9.88 Å². The van der Waals surface area contributed by atoms with Crippen molar-refractivity contribution in [2.45, 2.75) is 5.41 Å². The Bertz CT molecular complexity index is 4290. The highest BCUT2D eigenvalue weighted by Gasteiger charge is 2.46. The number of fused-ring (bicyclic) bond motifs is 15. The third-order valence-corrected chi connectivity index (χ3v) is 15.8. The van der Waals surface area contributed by atoms with Gasteiger partial charge >= 0.3 is 0 Å². The number of para-hydroxylation sites is 2. The highest BCUT2D eigenvalue weighted by Crippen LogP contribution is 2.57. The molecule has 340 valence electrons. The smallest absolute Gasteiger partial charge is 0.0714 e. The minimum Gasteiger partial charge on any atom is -0.355 e. The molecule has 0 saturated heterocycles. The molecule has 73 heavy (non-hydrogen) atoms. The third kappa shape index (κ3) is 6.37. The zero-order valence-electron chi connectivity index (χ0n) is 39.9. The zero-order chi connectivity index (χ0) is 48.0. The Balaban J connectivity index is 0.815. The summed E-state index contributed by atoms with van der Waals surface area (Å²) in [5.74, 6) is 0. The molecule has 0 unspecified atom stereocenters.